The molecule has 2 fully saturated rings. The van der Waals surface area contributed by atoms with E-state index in [1.807, 2.05) is 17.5 Å². The highest BCUT2D eigenvalue weighted by Crippen LogP contribution is 2.43. The van der Waals surface area contributed by atoms with Crippen LogP contribution in [0.25, 0.3) is 0 Å². The first-order valence-corrected chi connectivity index (χ1v) is 9.09. The largest absolute Gasteiger partial charge is 1.00 e. The lowest BCUT2D eigenvalue weighted by Gasteiger charge is -2.32. The third kappa shape index (κ3) is 3.81. The molecule has 4 nitrogen and oxygen atoms in total. The van der Waals surface area contributed by atoms with E-state index >= 15 is 0 Å². The average molecular weight is 404 g/mol. The quantitative estimate of drug-likeness (QED) is 0.545. The first-order valence-electron chi connectivity index (χ1n) is 8.21. The number of esters is 1. The van der Waals surface area contributed by atoms with Crippen LogP contribution < -0.4 is 17.0 Å². The number of ether oxygens (including phenoxy) is 1. The van der Waals surface area contributed by atoms with Crippen molar-refractivity contribution in [2.45, 2.75) is 43.8 Å². The second kappa shape index (κ2) is 7.21. The van der Waals surface area contributed by atoms with Gasteiger partial charge in [-0.15, -0.1) is 11.3 Å². The number of aliphatic hydroxyl groups is 1. The molecule has 1 N–H and O–H groups in total. The molecule has 1 aliphatic heterocycles. The normalized spacial score (nSPS) is 26.5. The fourth-order valence-corrected chi connectivity index (χ4v) is 4.76. The van der Waals surface area contributed by atoms with Gasteiger partial charge in [-0.05, 0) is 24.3 Å². The summed E-state index contributed by atoms with van der Waals surface area (Å²) < 4.78 is 6.62. The van der Waals surface area contributed by atoms with Crippen molar-refractivity contribution < 1.29 is 36.1 Å². The zero-order valence-electron chi connectivity index (χ0n) is 13.8. The SMILES string of the molecule is C[N+]1(C)CC[C@H](OC(=O)[C@@](O)(c2cccs2)C2CCCC2)C1.[Br-]. The minimum atomic E-state index is -1.45. The Morgan fingerprint density at radius 2 is 2.04 bits per heavy atom. The number of halogens is 1. The molecule has 23 heavy (non-hydrogen) atoms. The lowest BCUT2D eigenvalue weighted by molar-refractivity contribution is -0.879. The smallest absolute Gasteiger partial charge is 0.344 e. The van der Waals surface area contributed by atoms with Crippen LogP contribution in [0.2, 0.25) is 0 Å². The van der Waals surface area contributed by atoms with Gasteiger partial charge in [0, 0.05) is 17.2 Å². The zero-order chi connectivity index (χ0) is 15.8. The summed E-state index contributed by atoms with van der Waals surface area (Å²) >= 11 is 1.45. The highest BCUT2D eigenvalue weighted by atomic mass is 79.9. The fourth-order valence-electron chi connectivity index (χ4n) is 3.87. The molecule has 130 valence electrons. The van der Waals surface area contributed by atoms with Gasteiger partial charge < -0.3 is 31.3 Å². The topological polar surface area (TPSA) is 46.5 Å². The summed E-state index contributed by atoms with van der Waals surface area (Å²) in [6, 6.07) is 3.75. The summed E-state index contributed by atoms with van der Waals surface area (Å²) in [5.41, 5.74) is -1.45. The van der Waals surface area contributed by atoms with Crippen LogP contribution in [0.3, 0.4) is 0 Å². The standard InChI is InChI=1S/C17H26NO3S.BrH/c1-18(2)10-9-14(12-18)21-16(19)17(20,13-6-3-4-7-13)15-8-5-11-22-15;/h5,8,11,13-14,20H,3-4,6-7,9-10,12H2,1-2H3;1H/q+1;/p-1/t14-,17-;/m0./s1. The van der Waals surface area contributed by atoms with Crippen LogP contribution in [0, 0.1) is 5.92 Å². The minimum Gasteiger partial charge on any atom is -1.00 e. The number of rotatable bonds is 4. The van der Waals surface area contributed by atoms with Crippen LogP contribution >= 0.6 is 11.3 Å². The summed E-state index contributed by atoms with van der Waals surface area (Å²) in [5, 5.41) is 13.2. The molecule has 1 aromatic heterocycles. The van der Waals surface area contributed by atoms with E-state index in [0.717, 1.165) is 54.6 Å². The van der Waals surface area contributed by atoms with E-state index in [9.17, 15) is 9.90 Å². The molecule has 1 saturated carbocycles. The molecule has 2 heterocycles. The molecule has 2 atom stereocenters. The number of hydrogen-bond acceptors (Lipinski definition) is 4. The number of carbonyl (C=O) groups excluding carboxylic acids is 1. The monoisotopic (exact) mass is 403 g/mol. The van der Waals surface area contributed by atoms with Gasteiger partial charge in [-0.2, -0.15) is 0 Å². The van der Waals surface area contributed by atoms with E-state index in [1.165, 1.54) is 11.3 Å². The number of likely N-dealkylation sites (tertiary alicyclic amines) is 1. The molecule has 1 aromatic rings. The predicted molar refractivity (Wildman–Crippen MR) is 86.5 cm³/mol. The molecule has 0 aromatic carbocycles. The summed E-state index contributed by atoms with van der Waals surface area (Å²) in [7, 11) is 4.30. The summed E-state index contributed by atoms with van der Waals surface area (Å²) in [6.07, 6.45) is 4.77. The Hall–Kier alpha value is -0.430. The van der Waals surface area contributed by atoms with Gasteiger partial charge in [-0.1, -0.05) is 18.9 Å². The molecule has 1 aliphatic carbocycles. The Morgan fingerprint density at radius 3 is 2.57 bits per heavy atom. The number of likely N-dealkylation sites (N-methyl/N-ethyl adjacent to an activating group) is 1. The van der Waals surface area contributed by atoms with Gasteiger partial charge in [0.2, 0.25) is 0 Å². The molecule has 0 radical (unpaired) electrons. The first-order chi connectivity index (χ1) is 10.4. The minimum absolute atomic E-state index is 0. The molecular weight excluding hydrogens is 378 g/mol. The molecule has 1 saturated heterocycles. The van der Waals surface area contributed by atoms with Crippen LogP contribution in [0.15, 0.2) is 17.5 Å². The van der Waals surface area contributed by atoms with E-state index in [2.05, 4.69) is 14.1 Å². The first kappa shape index (κ1) is 18.9. The highest BCUT2D eigenvalue weighted by molar-refractivity contribution is 7.10. The van der Waals surface area contributed by atoms with Crippen molar-refractivity contribution >= 4 is 17.3 Å². The Morgan fingerprint density at radius 1 is 1.35 bits per heavy atom. The van der Waals surface area contributed by atoms with Gasteiger partial charge in [0.15, 0.2) is 11.7 Å². The van der Waals surface area contributed by atoms with Gasteiger partial charge in [-0.3, -0.25) is 0 Å². The molecule has 0 unspecified atom stereocenters. The molecule has 0 amide bonds. The Balaban J connectivity index is 0.00000192. The summed E-state index contributed by atoms with van der Waals surface area (Å²) in [4.78, 5) is 13.6. The molecule has 3 rings (SSSR count). The molecule has 0 spiro atoms. The zero-order valence-corrected chi connectivity index (χ0v) is 16.2. The molecule has 0 bridgehead atoms. The van der Waals surface area contributed by atoms with E-state index in [0.29, 0.717) is 0 Å². The predicted octanol–water partition coefficient (Wildman–Crippen LogP) is -0.478. The maximum Gasteiger partial charge on any atom is 0.344 e. The number of quaternary nitrogens is 1. The summed E-state index contributed by atoms with van der Waals surface area (Å²) in [5.74, 6) is -0.448. The fraction of sp³-hybridized carbons (Fsp3) is 0.706. The summed E-state index contributed by atoms with van der Waals surface area (Å²) in [6.45, 7) is 1.84. The van der Waals surface area contributed by atoms with Gasteiger partial charge in [0.25, 0.3) is 0 Å². The highest BCUT2D eigenvalue weighted by Gasteiger charge is 2.50. The van der Waals surface area contributed by atoms with Crippen molar-refractivity contribution in [2.75, 3.05) is 27.2 Å². The third-order valence-corrected chi connectivity index (χ3v) is 6.18. The van der Waals surface area contributed by atoms with Crippen LogP contribution in [0.4, 0.5) is 0 Å². The van der Waals surface area contributed by atoms with Crippen molar-refractivity contribution in [1.29, 1.82) is 0 Å². The second-order valence-corrected chi connectivity index (χ2v) is 8.33. The molecular formula is C17H26BrNO3S. The third-order valence-electron chi connectivity index (χ3n) is 5.18. The number of nitrogens with zero attached hydrogens (tertiary/aromatic N) is 1. The Labute approximate surface area is 152 Å². The van der Waals surface area contributed by atoms with Crippen molar-refractivity contribution in [3.05, 3.63) is 22.4 Å². The Kier molecular flexibility index (Phi) is 5.93. The van der Waals surface area contributed by atoms with Crippen LogP contribution in [-0.4, -0.2) is 48.8 Å². The number of thiophene rings is 1. The van der Waals surface area contributed by atoms with E-state index in [4.69, 9.17) is 4.74 Å². The van der Waals surface area contributed by atoms with E-state index < -0.39 is 11.6 Å². The van der Waals surface area contributed by atoms with Crippen molar-refractivity contribution in [1.82, 2.24) is 0 Å². The lowest BCUT2D eigenvalue weighted by Crippen LogP contribution is -3.00. The van der Waals surface area contributed by atoms with E-state index in [1.54, 1.807) is 0 Å². The second-order valence-electron chi connectivity index (χ2n) is 7.38. The van der Waals surface area contributed by atoms with Crippen LogP contribution in [0.5, 0.6) is 0 Å². The maximum absolute atomic E-state index is 12.8. The lowest BCUT2D eigenvalue weighted by atomic mass is 9.84. The van der Waals surface area contributed by atoms with Crippen LogP contribution in [-0.2, 0) is 15.1 Å². The van der Waals surface area contributed by atoms with E-state index in [-0.39, 0.29) is 29.0 Å². The number of hydrogen-bond donors (Lipinski definition) is 1. The van der Waals surface area contributed by atoms with Gasteiger partial charge in [0.05, 0.1) is 20.6 Å². The van der Waals surface area contributed by atoms with Crippen molar-refractivity contribution in [3.63, 3.8) is 0 Å². The number of carbonyl (C=O) groups is 1. The van der Waals surface area contributed by atoms with Crippen molar-refractivity contribution in [3.8, 4) is 0 Å². The average Bonchev–Trinajstić information content (AvgIpc) is 3.19. The van der Waals surface area contributed by atoms with Gasteiger partial charge in [0.1, 0.15) is 6.54 Å². The Bertz CT molecular complexity index is 528. The molecule has 2 aliphatic rings. The molecule has 6 heteroatoms. The van der Waals surface area contributed by atoms with Gasteiger partial charge >= 0.3 is 5.97 Å². The maximum atomic E-state index is 12.8. The van der Waals surface area contributed by atoms with Gasteiger partial charge in [-0.25, -0.2) is 4.79 Å². The van der Waals surface area contributed by atoms with Crippen molar-refractivity contribution in [2.24, 2.45) is 5.92 Å². The van der Waals surface area contributed by atoms with Crippen LogP contribution in [0.1, 0.15) is 37.0 Å².